The van der Waals surface area contributed by atoms with Gasteiger partial charge in [-0.15, -0.1) is 0 Å². The van der Waals surface area contributed by atoms with Crippen molar-refractivity contribution in [2.24, 2.45) is 0 Å². The van der Waals surface area contributed by atoms with Crippen LogP contribution < -0.4 is 5.32 Å². The molecule has 14 heteroatoms. The summed E-state index contributed by atoms with van der Waals surface area (Å²) in [4.78, 5) is 27.3. The molecule has 0 fully saturated rings. The van der Waals surface area contributed by atoms with Crippen LogP contribution in [0.2, 0.25) is 0 Å². The number of aromatic carboxylic acids is 1. The molecule has 0 amide bonds. The summed E-state index contributed by atoms with van der Waals surface area (Å²) in [7, 11) is -4.89. The van der Waals surface area contributed by atoms with Crippen molar-refractivity contribution in [3.8, 4) is 0 Å². The van der Waals surface area contributed by atoms with Crippen molar-refractivity contribution in [1.82, 2.24) is 4.98 Å². The van der Waals surface area contributed by atoms with E-state index in [1.165, 1.54) is 27.7 Å². The van der Waals surface area contributed by atoms with E-state index in [2.05, 4.69) is 10.3 Å². The van der Waals surface area contributed by atoms with Gasteiger partial charge in [-0.05, 0) is 27.7 Å². The van der Waals surface area contributed by atoms with Gasteiger partial charge in [0.1, 0.15) is 11.3 Å². The molecule has 0 saturated carbocycles. The topological polar surface area (TPSA) is 115 Å². The highest BCUT2D eigenvalue weighted by atomic mass is 31.2. The number of carboxylic acids is 1. The number of hydrogen-bond acceptors (Lipinski definition) is 7. The minimum atomic E-state index is -5.47. The van der Waals surface area contributed by atoms with Crippen LogP contribution in [0.4, 0.5) is 27.6 Å². The van der Waals surface area contributed by atoms with Crippen LogP contribution >= 0.6 is 7.60 Å². The molecule has 8 nitrogen and oxygen atoms in total. The summed E-state index contributed by atoms with van der Waals surface area (Å²) in [5.41, 5.74) is -9.64. The number of carbonyl (C=O) groups is 2. The number of nitrogens with zero attached hydrogens (tertiary/aromatic N) is 1. The van der Waals surface area contributed by atoms with Crippen molar-refractivity contribution < 1.29 is 50.3 Å². The molecule has 0 aliphatic heterocycles. The van der Waals surface area contributed by atoms with E-state index in [-0.39, 0.29) is 0 Å². The lowest BCUT2D eigenvalue weighted by Crippen LogP contribution is -2.26. The van der Waals surface area contributed by atoms with Gasteiger partial charge in [0.25, 0.3) is 11.9 Å². The van der Waals surface area contributed by atoms with Gasteiger partial charge in [-0.2, -0.15) is 13.2 Å². The molecular weight excluding hydrogens is 442 g/mol. The average molecular weight is 462 g/mol. The van der Waals surface area contributed by atoms with Gasteiger partial charge in [-0.3, -0.25) is 9.36 Å². The first-order valence-corrected chi connectivity index (χ1v) is 10.1. The smallest absolute Gasteiger partial charge is 0.434 e. The monoisotopic (exact) mass is 462 g/mol. The zero-order chi connectivity index (χ0) is 23.4. The number of hydrogen-bond donors (Lipinski definition) is 2. The SMILES string of the molecule is CCOP(=O)(OCC)C(=O)c1c(C(F)(F)F)nc(C(F)F)c(C(=O)O)c1NC(C)C. The van der Waals surface area contributed by atoms with Crippen LogP contribution in [-0.2, 0) is 19.8 Å². The van der Waals surface area contributed by atoms with Crippen LogP contribution in [0.3, 0.4) is 0 Å². The van der Waals surface area contributed by atoms with Crippen molar-refractivity contribution in [2.75, 3.05) is 18.5 Å². The minimum Gasteiger partial charge on any atom is -0.478 e. The number of rotatable bonds is 10. The second kappa shape index (κ2) is 9.80. The predicted octanol–water partition coefficient (Wildman–Crippen LogP) is 4.96. The fourth-order valence-electron chi connectivity index (χ4n) is 2.46. The first kappa shape index (κ1) is 25.9. The lowest BCUT2D eigenvalue weighted by Gasteiger charge is -2.24. The van der Waals surface area contributed by atoms with Gasteiger partial charge in [-0.1, -0.05) is 0 Å². The molecule has 0 saturated heterocycles. The Morgan fingerprint density at radius 2 is 1.63 bits per heavy atom. The molecule has 0 radical (unpaired) electrons. The fourth-order valence-corrected chi connectivity index (χ4v) is 3.94. The van der Waals surface area contributed by atoms with Gasteiger partial charge in [-0.25, -0.2) is 18.6 Å². The highest BCUT2D eigenvalue weighted by Crippen LogP contribution is 2.54. The first-order chi connectivity index (χ1) is 13.7. The number of aromatic nitrogens is 1. The second-order valence-electron chi connectivity index (χ2n) is 6.01. The Kier molecular flexibility index (Phi) is 8.47. The molecule has 30 heavy (non-hydrogen) atoms. The number of pyridine rings is 1. The maximum atomic E-state index is 13.7. The van der Waals surface area contributed by atoms with Gasteiger partial charge in [0, 0.05) is 6.04 Å². The van der Waals surface area contributed by atoms with E-state index in [1.807, 2.05) is 0 Å². The number of carboxylic acid groups (broad SMARTS) is 1. The van der Waals surface area contributed by atoms with Gasteiger partial charge in [0.05, 0.1) is 24.5 Å². The van der Waals surface area contributed by atoms with Crippen LogP contribution in [0.5, 0.6) is 0 Å². The van der Waals surface area contributed by atoms with E-state index >= 15 is 0 Å². The lowest BCUT2D eigenvalue weighted by atomic mass is 10.0. The number of carbonyl (C=O) groups excluding carboxylic acids is 1. The normalized spacial score (nSPS) is 12.5. The zero-order valence-electron chi connectivity index (χ0n) is 16.3. The molecule has 0 spiro atoms. The van der Waals surface area contributed by atoms with E-state index in [0.29, 0.717) is 0 Å². The van der Waals surface area contributed by atoms with Gasteiger partial charge < -0.3 is 19.5 Å². The summed E-state index contributed by atoms with van der Waals surface area (Å²) in [5, 5.41) is 11.6. The third-order valence-electron chi connectivity index (χ3n) is 3.41. The van der Waals surface area contributed by atoms with E-state index < -0.39 is 79.1 Å². The van der Waals surface area contributed by atoms with Gasteiger partial charge >= 0.3 is 19.7 Å². The molecule has 170 valence electrons. The lowest BCUT2D eigenvalue weighted by molar-refractivity contribution is -0.141. The molecule has 0 bridgehead atoms. The zero-order valence-corrected chi connectivity index (χ0v) is 17.2. The number of nitrogens with one attached hydrogen (secondary N) is 1. The predicted molar refractivity (Wildman–Crippen MR) is 95.1 cm³/mol. The maximum absolute atomic E-state index is 13.7. The third kappa shape index (κ3) is 5.52. The van der Waals surface area contributed by atoms with Gasteiger partial charge in [0.2, 0.25) is 0 Å². The van der Waals surface area contributed by atoms with Crippen molar-refractivity contribution in [1.29, 1.82) is 0 Å². The molecule has 2 N–H and O–H groups in total. The Labute approximate surface area is 168 Å². The molecule has 0 aliphatic rings. The number of alkyl halides is 5. The summed E-state index contributed by atoms with van der Waals surface area (Å²) in [6.07, 6.45) is -9.18. The van der Waals surface area contributed by atoms with Crippen LogP contribution in [-0.4, -0.2) is 40.8 Å². The number of anilines is 1. The van der Waals surface area contributed by atoms with E-state index in [4.69, 9.17) is 9.05 Å². The molecular formula is C16H20F5N2O6P. The molecule has 1 rings (SSSR count). The van der Waals surface area contributed by atoms with Crippen molar-refractivity contribution in [3.63, 3.8) is 0 Å². The van der Waals surface area contributed by atoms with E-state index in [9.17, 15) is 41.2 Å². The summed E-state index contributed by atoms with van der Waals surface area (Å²) < 4.78 is 90.0. The fraction of sp³-hybridized carbons (Fsp3) is 0.562. The Hall–Kier alpha value is -2.11. The van der Waals surface area contributed by atoms with Crippen LogP contribution in [0.25, 0.3) is 0 Å². The molecule has 0 unspecified atom stereocenters. The average Bonchev–Trinajstić information content (AvgIpc) is 2.58. The first-order valence-electron chi connectivity index (χ1n) is 8.58. The summed E-state index contributed by atoms with van der Waals surface area (Å²) in [5.74, 6) is -2.06. The third-order valence-corrected chi connectivity index (χ3v) is 5.33. The van der Waals surface area contributed by atoms with Crippen LogP contribution in [0.1, 0.15) is 66.2 Å². The number of halogens is 5. The largest absolute Gasteiger partial charge is 0.478 e. The van der Waals surface area contributed by atoms with Crippen molar-refractivity contribution in [3.05, 3.63) is 22.5 Å². The standard InChI is InChI=1S/C16H20F5N2O6P/c1-5-28-30(27,29-6-2)15(26)9-10(22-7(3)4)8(14(24)25)11(13(17)18)23-12(9)16(19,20)21/h7,13H,5-6H2,1-4H3,(H,22,23)(H,24,25). The van der Waals surface area contributed by atoms with Crippen LogP contribution in [0, 0.1) is 0 Å². The minimum absolute atomic E-state index is 0.397. The van der Waals surface area contributed by atoms with Crippen LogP contribution in [0.15, 0.2) is 0 Å². The maximum Gasteiger partial charge on any atom is 0.434 e. The Morgan fingerprint density at radius 1 is 1.13 bits per heavy atom. The molecule has 0 aliphatic carbocycles. The highest BCUT2D eigenvalue weighted by molar-refractivity contribution is 7.72. The van der Waals surface area contributed by atoms with E-state index in [0.717, 1.165) is 0 Å². The van der Waals surface area contributed by atoms with E-state index in [1.54, 1.807) is 0 Å². The summed E-state index contributed by atoms with van der Waals surface area (Å²) >= 11 is 0. The molecule has 1 aromatic rings. The molecule has 0 aromatic carbocycles. The Balaban J connectivity index is 4.15. The Morgan fingerprint density at radius 3 is 1.97 bits per heavy atom. The van der Waals surface area contributed by atoms with Gasteiger partial charge in [0.15, 0.2) is 5.69 Å². The highest BCUT2D eigenvalue weighted by Gasteiger charge is 2.48. The quantitative estimate of drug-likeness (QED) is 0.370. The Bertz CT molecular complexity index is 850. The molecule has 0 atom stereocenters. The summed E-state index contributed by atoms with van der Waals surface area (Å²) in [6, 6.07) is -0.803. The second-order valence-corrected chi connectivity index (χ2v) is 7.93. The van der Waals surface area contributed by atoms with Crippen molar-refractivity contribution >= 4 is 24.8 Å². The van der Waals surface area contributed by atoms with Crippen molar-refractivity contribution in [2.45, 2.75) is 46.3 Å². The molecule has 1 heterocycles. The summed E-state index contributed by atoms with van der Waals surface area (Å²) in [6.45, 7) is 4.51. The molecule has 1 aromatic heterocycles.